The van der Waals surface area contributed by atoms with Crippen molar-refractivity contribution in [2.45, 2.75) is 38.8 Å². The SMILES string of the molecule is CC(CNC(=O)CCc1ccco1)N1CCc2ccccc2C1. The summed E-state index contributed by atoms with van der Waals surface area (Å²) < 4.78 is 5.25. The molecule has 23 heavy (non-hydrogen) atoms. The Labute approximate surface area is 137 Å². The smallest absolute Gasteiger partial charge is 0.220 e. The van der Waals surface area contributed by atoms with E-state index in [1.807, 2.05) is 12.1 Å². The van der Waals surface area contributed by atoms with Crippen LogP contribution in [-0.4, -0.2) is 29.9 Å². The van der Waals surface area contributed by atoms with E-state index in [-0.39, 0.29) is 5.91 Å². The lowest BCUT2D eigenvalue weighted by Gasteiger charge is -2.33. The van der Waals surface area contributed by atoms with E-state index in [0.717, 1.165) is 25.3 Å². The van der Waals surface area contributed by atoms with Crippen molar-refractivity contribution in [1.29, 1.82) is 0 Å². The molecule has 2 heterocycles. The molecule has 4 heteroatoms. The van der Waals surface area contributed by atoms with E-state index < -0.39 is 0 Å². The Bertz CT molecular complexity index is 637. The standard InChI is InChI=1S/C19H24N2O2/c1-15(13-20-19(22)9-8-18-7-4-12-23-18)21-11-10-16-5-2-3-6-17(16)14-21/h2-7,12,15H,8-11,13-14H2,1H3,(H,20,22). The summed E-state index contributed by atoms with van der Waals surface area (Å²) in [5, 5.41) is 3.04. The molecule has 1 N–H and O–H groups in total. The normalized spacial score (nSPS) is 15.9. The van der Waals surface area contributed by atoms with Crippen molar-refractivity contribution >= 4 is 5.91 Å². The molecule has 1 atom stereocenters. The third kappa shape index (κ3) is 4.23. The van der Waals surface area contributed by atoms with Crippen LogP contribution in [0.3, 0.4) is 0 Å². The summed E-state index contributed by atoms with van der Waals surface area (Å²) in [5.74, 6) is 0.950. The van der Waals surface area contributed by atoms with Crippen LogP contribution in [0.15, 0.2) is 47.1 Å². The van der Waals surface area contributed by atoms with Crippen molar-refractivity contribution in [3.05, 3.63) is 59.5 Å². The van der Waals surface area contributed by atoms with Crippen LogP contribution >= 0.6 is 0 Å². The molecule has 4 nitrogen and oxygen atoms in total. The fourth-order valence-corrected chi connectivity index (χ4v) is 3.06. The zero-order valence-electron chi connectivity index (χ0n) is 13.6. The number of carbonyl (C=O) groups excluding carboxylic acids is 1. The minimum absolute atomic E-state index is 0.0886. The number of hydrogen-bond donors (Lipinski definition) is 1. The van der Waals surface area contributed by atoms with E-state index >= 15 is 0 Å². The van der Waals surface area contributed by atoms with Crippen LogP contribution in [0.2, 0.25) is 0 Å². The highest BCUT2D eigenvalue weighted by atomic mass is 16.3. The number of aryl methyl sites for hydroxylation is 1. The second-order valence-corrected chi connectivity index (χ2v) is 6.22. The number of amides is 1. The van der Waals surface area contributed by atoms with E-state index in [0.29, 0.717) is 25.4 Å². The lowest BCUT2D eigenvalue weighted by Crippen LogP contribution is -2.44. The molecule has 0 bridgehead atoms. The number of fused-ring (bicyclic) bond motifs is 1. The molecule has 0 aliphatic carbocycles. The molecular weight excluding hydrogens is 288 g/mol. The van der Waals surface area contributed by atoms with E-state index in [1.165, 1.54) is 11.1 Å². The number of carbonyl (C=O) groups is 1. The lowest BCUT2D eigenvalue weighted by atomic mass is 9.99. The largest absolute Gasteiger partial charge is 0.469 e. The third-order valence-electron chi connectivity index (χ3n) is 4.56. The quantitative estimate of drug-likeness (QED) is 0.892. The van der Waals surface area contributed by atoms with Gasteiger partial charge in [-0.05, 0) is 36.6 Å². The van der Waals surface area contributed by atoms with Crippen LogP contribution in [0.1, 0.15) is 30.2 Å². The van der Waals surface area contributed by atoms with Crippen LogP contribution in [0.25, 0.3) is 0 Å². The fraction of sp³-hybridized carbons (Fsp3) is 0.421. The Kier molecular flexibility index (Phi) is 5.13. The first-order valence-corrected chi connectivity index (χ1v) is 8.32. The average Bonchev–Trinajstić information content (AvgIpc) is 3.11. The van der Waals surface area contributed by atoms with Crippen molar-refractivity contribution < 1.29 is 9.21 Å². The van der Waals surface area contributed by atoms with E-state index in [2.05, 4.69) is 41.4 Å². The summed E-state index contributed by atoms with van der Waals surface area (Å²) in [6, 6.07) is 12.7. The molecule has 1 amide bonds. The first-order chi connectivity index (χ1) is 11.2. The molecule has 122 valence electrons. The maximum absolute atomic E-state index is 12.0. The number of furan rings is 1. The van der Waals surface area contributed by atoms with Crippen molar-refractivity contribution in [2.24, 2.45) is 0 Å². The number of benzene rings is 1. The highest BCUT2D eigenvalue weighted by Crippen LogP contribution is 2.19. The van der Waals surface area contributed by atoms with Gasteiger partial charge in [-0.2, -0.15) is 0 Å². The van der Waals surface area contributed by atoms with Gasteiger partial charge in [-0.3, -0.25) is 9.69 Å². The molecule has 1 unspecified atom stereocenters. The minimum Gasteiger partial charge on any atom is -0.469 e. The van der Waals surface area contributed by atoms with Gasteiger partial charge in [-0.25, -0.2) is 0 Å². The predicted octanol–water partition coefficient (Wildman–Crippen LogP) is 2.78. The van der Waals surface area contributed by atoms with Gasteiger partial charge in [-0.15, -0.1) is 0 Å². The summed E-state index contributed by atoms with van der Waals surface area (Å²) in [6.07, 6.45) is 3.86. The maximum Gasteiger partial charge on any atom is 0.220 e. The molecule has 1 aromatic heterocycles. The Hall–Kier alpha value is -2.07. The molecule has 0 radical (unpaired) electrons. The van der Waals surface area contributed by atoms with Crippen molar-refractivity contribution in [1.82, 2.24) is 10.2 Å². The van der Waals surface area contributed by atoms with Crippen LogP contribution in [-0.2, 0) is 24.2 Å². The summed E-state index contributed by atoms with van der Waals surface area (Å²) in [4.78, 5) is 14.4. The molecule has 0 saturated heterocycles. The van der Waals surface area contributed by atoms with Crippen molar-refractivity contribution in [3.63, 3.8) is 0 Å². The van der Waals surface area contributed by atoms with Crippen LogP contribution in [0.5, 0.6) is 0 Å². The fourth-order valence-electron chi connectivity index (χ4n) is 3.06. The van der Waals surface area contributed by atoms with Gasteiger partial charge in [0.25, 0.3) is 0 Å². The number of nitrogens with zero attached hydrogens (tertiary/aromatic N) is 1. The Morgan fingerprint density at radius 1 is 1.26 bits per heavy atom. The highest BCUT2D eigenvalue weighted by molar-refractivity contribution is 5.76. The molecule has 1 aliphatic heterocycles. The van der Waals surface area contributed by atoms with Crippen molar-refractivity contribution in [3.8, 4) is 0 Å². The predicted molar refractivity (Wildman–Crippen MR) is 90.1 cm³/mol. The van der Waals surface area contributed by atoms with Crippen LogP contribution in [0, 0.1) is 0 Å². The Morgan fingerprint density at radius 2 is 2.09 bits per heavy atom. The van der Waals surface area contributed by atoms with Gasteiger partial charge in [0.15, 0.2) is 0 Å². The topological polar surface area (TPSA) is 45.5 Å². The minimum atomic E-state index is 0.0886. The van der Waals surface area contributed by atoms with Gasteiger partial charge in [0.2, 0.25) is 5.91 Å². The van der Waals surface area contributed by atoms with E-state index in [4.69, 9.17) is 4.42 Å². The van der Waals surface area contributed by atoms with Gasteiger partial charge in [-0.1, -0.05) is 24.3 Å². The van der Waals surface area contributed by atoms with Gasteiger partial charge in [0.1, 0.15) is 5.76 Å². The molecule has 3 rings (SSSR count). The lowest BCUT2D eigenvalue weighted by molar-refractivity contribution is -0.121. The molecular formula is C19H24N2O2. The second kappa shape index (κ2) is 7.47. The molecule has 1 aromatic carbocycles. The first-order valence-electron chi connectivity index (χ1n) is 8.32. The summed E-state index contributed by atoms with van der Waals surface area (Å²) >= 11 is 0. The Morgan fingerprint density at radius 3 is 2.87 bits per heavy atom. The monoisotopic (exact) mass is 312 g/mol. The molecule has 1 aliphatic rings. The van der Waals surface area contributed by atoms with Gasteiger partial charge >= 0.3 is 0 Å². The van der Waals surface area contributed by atoms with Gasteiger partial charge < -0.3 is 9.73 Å². The van der Waals surface area contributed by atoms with E-state index in [1.54, 1.807) is 6.26 Å². The maximum atomic E-state index is 12.0. The van der Waals surface area contributed by atoms with Gasteiger partial charge in [0, 0.05) is 38.5 Å². The third-order valence-corrected chi connectivity index (χ3v) is 4.56. The van der Waals surface area contributed by atoms with E-state index in [9.17, 15) is 4.79 Å². The van der Waals surface area contributed by atoms with Crippen LogP contribution in [0.4, 0.5) is 0 Å². The summed E-state index contributed by atoms with van der Waals surface area (Å²) in [6.45, 7) is 4.90. The molecule has 0 spiro atoms. The van der Waals surface area contributed by atoms with Gasteiger partial charge in [0.05, 0.1) is 6.26 Å². The Balaban J connectivity index is 1.43. The molecule has 0 saturated carbocycles. The summed E-state index contributed by atoms with van der Waals surface area (Å²) in [7, 11) is 0. The number of hydrogen-bond acceptors (Lipinski definition) is 3. The number of nitrogens with one attached hydrogen (secondary N) is 1. The first kappa shape index (κ1) is 15.8. The zero-order chi connectivity index (χ0) is 16.1. The second-order valence-electron chi connectivity index (χ2n) is 6.22. The highest BCUT2D eigenvalue weighted by Gasteiger charge is 2.20. The average molecular weight is 312 g/mol. The summed E-state index contributed by atoms with van der Waals surface area (Å²) in [5.41, 5.74) is 2.87. The zero-order valence-corrected chi connectivity index (χ0v) is 13.6. The number of rotatable bonds is 6. The molecule has 0 fully saturated rings. The van der Waals surface area contributed by atoms with Crippen molar-refractivity contribution in [2.75, 3.05) is 13.1 Å². The molecule has 2 aromatic rings. The van der Waals surface area contributed by atoms with Crippen LogP contribution < -0.4 is 5.32 Å².